The number of rotatable bonds is 0. The number of hydrogen-bond donors (Lipinski definition) is 0. The summed E-state index contributed by atoms with van der Waals surface area (Å²) in [5.74, 6) is 1.66. The topological polar surface area (TPSA) is 50.1 Å². The van der Waals surface area contributed by atoms with E-state index >= 15 is 0 Å². The summed E-state index contributed by atoms with van der Waals surface area (Å²) in [6.45, 7) is -0.827. The molecule has 1 fully saturated rings. The number of benzene rings is 1. The Balaban J connectivity index is 2.03. The van der Waals surface area contributed by atoms with Crippen LogP contribution in [0, 0.1) is 11.2 Å². The summed E-state index contributed by atoms with van der Waals surface area (Å²) in [4.78, 5) is 11.7. The molecule has 102 valence electrons. The van der Waals surface area contributed by atoms with Crippen molar-refractivity contribution in [2.45, 2.75) is 30.9 Å². The van der Waals surface area contributed by atoms with E-state index in [1.807, 2.05) is 5.97 Å². The fraction of sp³-hybridized carbons (Fsp3) is 0.385. The number of ether oxygens (including phenoxy) is 1. The van der Waals surface area contributed by atoms with Crippen LogP contribution in [-0.2, 0) is 11.0 Å². The molecule has 1 saturated heterocycles. The Morgan fingerprint density at radius 3 is 2.80 bits per heavy atom. The molecule has 2 heterocycles. The Labute approximate surface area is 113 Å². The van der Waals surface area contributed by atoms with Crippen molar-refractivity contribution >= 4 is 12.4 Å². The molecule has 3 nitrogen and oxygen atoms in total. The van der Waals surface area contributed by atoms with Gasteiger partial charge >= 0.3 is 12.9 Å². The van der Waals surface area contributed by atoms with Crippen molar-refractivity contribution < 1.29 is 22.7 Å². The van der Waals surface area contributed by atoms with Gasteiger partial charge in [-0.05, 0) is 24.1 Å². The average Bonchev–Trinajstić information content (AvgIpc) is 2.75. The number of hydrogen-bond acceptors (Lipinski definition) is 3. The third kappa shape index (κ3) is 1.87. The molecule has 2 atom stereocenters. The van der Waals surface area contributed by atoms with Crippen molar-refractivity contribution in [3.8, 4) is 11.7 Å². The SMILES string of the molecule is N#CB1C(=O)CCC2Oc3cc(C(F)(F)F)ccc3C12. The lowest BCUT2D eigenvalue weighted by molar-refractivity contribution is -0.137. The van der Waals surface area contributed by atoms with E-state index in [0.717, 1.165) is 12.1 Å². The smallest absolute Gasteiger partial charge is 0.416 e. The van der Waals surface area contributed by atoms with E-state index in [-0.39, 0.29) is 24.0 Å². The summed E-state index contributed by atoms with van der Waals surface area (Å²) < 4.78 is 43.5. The second-order valence-corrected chi connectivity index (χ2v) is 5.04. The Morgan fingerprint density at radius 2 is 2.15 bits per heavy atom. The van der Waals surface area contributed by atoms with Gasteiger partial charge in [0, 0.05) is 18.2 Å². The molecule has 0 N–H and O–H groups in total. The highest BCUT2D eigenvalue weighted by molar-refractivity contribution is 6.96. The number of carbonyl (C=O) groups excluding carboxylic acids is 1. The highest BCUT2D eigenvalue weighted by Gasteiger charge is 2.49. The molecule has 1 aromatic rings. The third-order valence-electron chi connectivity index (χ3n) is 3.90. The molecular formula is C13H9BF3NO2. The maximum Gasteiger partial charge on any atom is 0.416 e. The maximum absolute atomic E-state index is 12.7. The van der Waals surface area contributed by atoms with Crippen molar-refractivity contribution in [1.29, 1.82) is 5.26 Å². The second kappa shape index (κ2) is 4.27. The van der Waals surface area contributed by atoms with Gasteiger partial charge in [0.15, 0.2) is 0 Å². The van der Waals surface area contributed by atoms with Gasteiger partial charge < -0.3 is 9.53 Å². The molecule has 0 spiro atoms. The quantitative estimate of drug-likeness (QED) is 0.686. The molecule has 0 amide bonds. The Bertz CT molecular complexity index is 623. The van der Waals surface area contributed by atoms with Crippen LogP contribution >= 0.6 is 0 Å². The summed E-state index contributed by atoms with van der Waals surface area (Å²) in [5, 5.41) is 9.11. The van der Waals surface area contributed by atoms with E-state index < -0.39 is 24.3 Å². The molecule has 20 heavy (non-hydrogen) atoms. The lowest BCUT2D eigenvalue weighted by Gasteiger charge is -2.25. The zero-order chi connectivity index (χ0) is 14.5. The Morgan fingerprint density at radius 1 is 1.40 bits per heavy atom. The lowest BCUT2D eigenvalue weighted by atomic mass is 9.34. The van der Waals surface area contributed by atoms with Gasteiger partial charge in [0.25, 0.3) is 0 Å². The van der Waals surface area contributed by atoms with Gasteiger partial charge in [-0.1, -0.05) is 6.07 Å². The first kappa shape index (κ1) is 13.0. The number of nitrogens with zero attached hydrogens (tertiary/aromatic N) is 1. The van der Waals surface area contributed by atoms with Crippen molar-refractivity contribution in [2.75, 3.05) is 0 Å². The van der Waals surface area contributed by atoms with Crippen molar-refractivity contribution in [3.63, 3.8) is 0 Å². The summed E-state index contributed by atoms with van der Waals surface area (Å²) in [6.07, 6.45) is -4.13. The van der Waals surface area contributed by atoms with E-state index in [4.69, 9.17) is 10.00 Å². The molecule has 0 saturated carbocycles. The van der Waals surface area contributed by atoms with Gasteiger partial charge in [-0.2, -0.15) is 13.2 Å². The predicted octanol–water partition coefficient (Wildman–Crippen LogP) is 2.55. The molecule has 7 heteroatoms. The summed E-state index contributed by atoms with van der Waals surface area (Å²) in [7, 11) is 0. The van der Waals surface area contributed by atoms with Gasteiger partial charge in [0.2, 0.25) is 0 Å². The van der Waals surface area contributed by atoms with Crippen LogP contribution in [0.4, 0.5) is 13.2 Å². The molecule has 0 aromatic heterocycles. The first-order valence-corrected chi connectivity index (χ1v) is 6.22. The molecule has 2 unspecified atom stereocenters. The summed E-state index contributed by atoms with van der Waals surface area (Å²) in [6, 6.07) is 3.25. The van der Waals surface area contributed by atoms with Crippen molar-refractivity contribution in [3.05, 3.63) is 29.3 Å². The molecule has 2 aliphatic heterocycles. The van der Waals surface area contributed by atoms with E-state index in [1.54, 1.807) is 0 Å². The summed E-state index contributed by atoms with van der Waals surface area (Å²) in [5.41, 5.74) is -0.414. The minimum absolute atomic E-state index is 0.143. The van der Waals surface area contributed by atoms with Gasteiger partial charge in [-0.3, -0.25) is 0 Å². The number of alkyl halides is 3. The molecule has 1 aromatic carbocycles. The van der Waals surface area contributed by atoms with E-state index in [9.17, 15) is 18.0 Å². The molecule has 0 radical (unpaired) electrons. The van der Waals surface area contributed by atoms with Crippen LogP contribution in [0.5, 0.6) is 5.75 Å². The average molecular weight is 279 g/mol. The van der Waals surface area contributed by atoms with Crippen LogP contribution in [0.25, 0.3) is 0 Å². The van der Waals surface area contributed by atoms with Gasteiger partial charge in [-0.25, -0.2) is 5.26 Å². The monoisotopic (exact) mass is 279 g/mol. The minimum atomic E-state index is -4.43. The Hall–Kier alpha value is -1.97. The summed E-state index contributed by atoms with van der Waals surface area (Å²) >= 11 is 0. The zero-order valence-corrected chi connectivity index (χ0v) is 10.3. The molecule has 2 aliphatic rings. The van der Waals surface area contributed by atoms with Crippen LogP contribution in [0.15, 0.2) is 18.2 Å². The normalized spacial score (nSPS) is 24.7. The fourth-order valence-electron chi connectivity index (χ4n) is 2.95. The first-order chi connectivity index (χ1) is 9.41. The van der Waals surface area contributed by atoms with Crippen LogP contribution in [-0.4, -0.2) is 18.5 Å². The van der Waals surface area contributed by atoms with Crippen LogP contribution in [0.1, 0.15) is 29.8 Å². The van der Waals surface area contributed by atoms with E-state index in [0.29, 0.717) is 12.0 Å². The minimum Gasteiger partial charge on any atom is -0.490 e. The number of nitriles is 1. The highest BCUT2D eigenvalue weighted by atomic mass is 19.4. The standard InChI is InChI=1S/C13H9BF3NO2/c15-13(16,17)7-1-2-8-10(5-7)20-9-3-4-11(19)14(6-18)12(8)9/h1-2,5,9,12H,3-4H2. The Kier molecular flexibility index (Phi) is 2.78. The zero-order valence-electron chi connectivity index (χ0n) is 10.3. The van der Waals surface area contributed by atoms with Crippen molar-refractivity contribution in [2.24, 2.45) is 0 Å². The highest BCUT2D eigenvalue weighted by Crippen LogP contribution is 2.45. The van der Waals surface area contributed by atoms with Gasteiger partial charge in [-0.15, -0.1) is 0 Å². The van der Waals surface area contributed by atoms with Crippen molar-refractivity contribution in [1.82, 2.24) is 0 Å². The number of halogens is 3. The predicted molar refractivity (Wildman–Crippen MR) is 64.2 cm³/mol. The lowest BCUT2D eigenvalue weighted by Crippen LogP contribution is -2.43. The molecule has 0 aliphatic carbocycles. The van der Waals surface area contributed by atoms with E-state index in [1.165, 1.54) is 6.07 Å². The molecule has 0 bridgehead atoms. The molecule has 3 rings (SSSR count). The number of carbonyl (C=O) groups is 1. The van der Waals surface area contributed by atoms with Gasteiger partial charge in [0.05, 0.1) is 5.56 Å². The molecular weight excluding hydrogens is 270 g/mol. The van der Waals surface area contributed by atoms with E-state index in [2.05, 4.69) is 0 Å². The van der Waals surface area contributed by atoms with Crippen LogP contribution < -0.4 is 4.74 Å². The van der Waals surface area contributed by atoms with Crippen LogP contribution in [0.3, 0.4) is 0 Å². The maximum atomic E-state index is 12.7. The second-order valence-electron chi connectivity index (χ2n) is 5.04. The third-order valence-corrected chi connectivity index (χ3v) is 3.90. The first-order valence-electron chi connectivity index (χ1n) is 6.22. The largest absolute Gasteiger partial charge is 0.490 e. The van der Waals surface area contributed by atoms with Gasteiger partial charge in [0.1, 0.15) is 17.5 Å². The fourth-order valence-corrected chi connectivity index (χ4v) is 2.95. The van der Waals surface area contributed by atoms with Crippen LogP contribution in [0.2, 0.25) is 0 Å². The number of fused-ring (bicyclic) bond motifs is 3.